The first-order valence-electron chi connectivity index (χ1n) is 6.72. The summed E-state index contributed by atoms with van der Waals surface area (Å²) in [6, 6.07) is 17.1. The monoisotopic (exact) mass is 294 g/mol. The van der Waals surface area contributed by atoms with Gasteiger partial charge in [-0.1, -0.05) is 41.6 Å². The number of hydrogen-bond acceptors (Lipinski definition) is 4. The molecular weight excluding hydrogens is 280 g/mol. The second-order valence-corrected chi connectivity index (χ2v) is 5.75. The number of hydrogen-bond donors (Lipinski definition) is 0. The molecule has 3 aromatic rings. The minimum Gasteiger partial charge on any atom is -0.259 e. The lowest BCUT2D eigenvalue weighted by Gasteiger charge is -2.13. The molecule has 0 aliphatic carbocycles. The van der Waals surface area contributed by atoms with Crippen LogP contribution in [0.4, 0.5) is 0 Å². The van der Waals surface area contributed by atoms with E-state index in [1.807, 2.05) is 42.5 Å². The van der Waals surface area contributed by atoms with Crippen molar-refractivity contribution in [3.8, 4) is 0 Å². The molecule has 0 spiro atoms. The van der Waals surface area contributed by atoms with Crippen molar-refractivity contribution in [2.75, 3.05) is 0 Å². The predicted octanol–water partition coefficient (Wildman–Crippen LogP) is 4.59. The molecule has 104 valence electrons. The van der Waals surface area contributed by atoms with E-state index < -0.39 is 6.04 Å². The van der Waals surface area contributed by atoms with Crippen LogP contribution in [0.5, 0.6) is 0 Å². The summed E-state index contributed by atoms with van der Waals surface area (Å²) in [6.07, 6.45) is 2.50. The van der Waals surface area contributed by atoms with Gasteiger partial charge in [0.1, 0.15) is 0 Å². The molecular formula is C17H14N2OS. The van der Waals surface area contributed by atoms with Crippen LogP contribution in [0.15, 0.2) is 71.4 Å². The number of benzene rings is 1. The molecule has 0 bridgehead atoms. The zero-order valence-electron chi connectivity index (χ0n) is 11.3. The largest absolute Gasteiger partial charge is 0.259 e. The van der Waals surface area contributed by atoms with E-state index in [4.69, 9.17) is 0 Å². The van der Waals surface area contributed by atoms with Crippen LogP contribution in [-0.4, -0.2) is 4.98 Å². The van der Waals surface area contributed by atoms with Gasteiger partial charge in [0.25, 0.3) is 0 Å². The first-order chi connectivity index (χ1) is 10.4. The SMILES string of the molecule is O=NC(c1ccccn1)c1ccccc1Cc1cccs1. The molecule has 4 heteroatoms. The van der Waals surface area contributed by atoms with Crippen LogP contribution in [0.25, 0.3) is 0 Å². The molecule has 1 atom stereocenters. The minimum absolute atomic E-state index is 0.553. The molecule has 1 unspecified atom stereocenters. The highest BCUT2D eigenvalue weighted by Gasteiger charge is 2.19. The number of nitrogens with zero attached hydrogens (tertiary/aromatic N) is 2. The minimum atomic E-state index is -0.553. The van der Waals surface area contributed by atoms with Crippen LogP contribution in [0.3, 0.4) is 0 Å². The molecule has 0 aliphatic heterocycles. The summed E-state index contributed by atoms with van der Waals surface area (Å²) in [6.45, 7) is 0. The third-order valence-electron chi connectivity index (χ3n) is 3.37. The van der Waals surface area contributed by atoms with Crippen molar-refractivity contribution in [1.29, 1.82) is 0 Å². The Morgan fingerprint density at radius 1 is 1.05 bits per heavy atom. The van der Waals surface area contributed by atoms with E-state index in [0.29, 0.717) is 5.69 Å². The van der Waals surface area contributed by atoms with Crippen LogP contribution in [0.2, 0.25) is 0 Å². The maximum absolute atomic E-state index is 11.4. The number of nitroso groups, excluding NO2 is 1. The van der Waals surface area contributed by atoms with Gasteiger partial charge >= 0.3 is 0 Å². The van der Waals surface area contributed by atoms with Gasteiger partial charge in [-0.15, -0.1) is 16.2 Å². The third-order valence-corrected chi connectivity index (χ3v) is 4.24. The molecule has 3 rings (SSSR count). The summed E-state index contributed by atoms with van der Waals surface area (Å²) < 4.78 is 0. The Balaban J connectivity index is 1.99. The Labute approximate surface area is 127 Å². The third kappa shape index (κ3) is 3.06. The smallest absolute Gasteiger partial charge is 0.159 e. The van der Waals surface area contributed by atoms with Gasteiger partial charge < -0.3 is 0 Å². The number of rotatable bonds is 5. The van der Waals surface area contributed by atoms with Crippen LogP contribution < -0.4 is 0 Å². The highest BCUT2D eigenvalue weighted by Crippen LogP contribution is 2.29. The standard InChI is InChI=1S/C17H14N2OS/c20-19-17(16-9-3-4-10-18-16)15-8-2-1-6-13(15)12-14-7-5-11-21-14/h1-11,17H,12H2. The molecule has 0 fully saturated rings. The van der Waals surface area contributed by atoms with Gasteiger partial charge in [0.15, 0.2) is 6.04 Å². The molecule has 0 radical (unpaired) electrons. The highest BCUT2D eigenvalue weighted by atomic mass is 32.1. The molecule has 0 N–H and O–H groups in total. The van der Waals surface area contributed by atoms with Crippen molar-refractivity contribution in [2.24, 2.45) is 5.18 Å². The maximum atomic E-state index is 11.4. The lowest BCUT2D eigenvalue weighted by Crippen LogP contribution is -2.04. The summed E-state index contributed by atoms with van der Waals surface area (Å²) in [4.78, 5) is 16.9. The number of thiophene rings is 1. The van der Waals surface area contributed by atoms with Gasteiger partial charge in [0, 0.05) is 17.5 Å². The average Bonchev–Trinajstić information content (AvgIpc) is 3.04. The maximum Gasteiger partial charge on any atom is 0.159 e. The van der Waals surface area contributed by atoms with Gasteiger partial charge in [-0.3, -0.25) is 4.98 Å². The van der Waals surface area contributed by atoms with E-state index in [9.17, 15) is 4.91 Å². The van der Waals surface area contributed by atoms with E-state index in [1.165, 1.54) is 4.88 Å². The van der Waals surface area contributed by atoms with Gasteiger partial charge in [-0.25, -0.2) is 0 Å². The van der Waals surface area contributed by atoms with E-state index in [-0.39, 0.29) is 0 Å². The summed E-state index contributed by atoms with van der Waals surface area (Å²) in [5.41, 5.74) is 2.74. The fourth-order valence-electron chi connectivity index (χ4n) is 2.37. The molecule has 0 aliphatic rings. The van der Waals surface area contributed by atoms with Crippen LogP contribution in [0.1, 0.15) is 27.7 Å². The van der Waals surface area contributed by atoms with Crippen LogP contribution >= 0.6 is 11.3 Å². The fourth-order valence-corrected chi connectivity index (χ4v) is 3.10. The van der Waals surface area contributed by atoms with Gasteiger partial charge in [0.2, 0.25) is 0 Å². The topological polar surface area (TPSA) is 42.3 Å². The van der Waals surface area contributed by atoms with Crippen molar-refractivity contribution >= 4 is 11.3 Å². The van der Waals surface area contributed by atoms with Crippen molar-refractivity contribution < 1.29 is 0 Å². The second-order valence-electron chi connectivity index (χ2n) is 4.72. The van der Waals surface area contributed by atoms with E-state index in [2.05, 4.69) is 27.7 Å². The Morgan fingerprint density at radius 2 is 1.90 bits per heavy atom. The molecule has 1 aromatic carbocycles. The quantitative estimate of drug-likeness (QED) is 0.646. The van der Waals surface area contributed by atoms with Crippen molar-refractivity contribution in [1.82, 2.24) is 4.98 Å². The Morgan fingerprint density at radius 3 is 2.62 bits per heavy atom. The predicted molar refractivity (Wildman–Crippen MR) is 85.4 cm³/mol. The second kappa shape index (κ2) is 6.41. The van der Waals surface area contributed by atoms with Gasteiger partial charge in [-0.05, 0) is 34.7 Å². The summed E-state index contributed by atoms with van der Waals surface area (Å²) in [5.74, 6) is 0. The zero-order chi connectivity index (χ0) is 14.5. The highest BCUT2D eigenvalue weighted by molar-refractivity contribution is 7.09. The first kappa shape index (κ1) is 13.6. The number of pyridine rings is 1. The zero-order valence-corrected chi connectivity index (χ0v) is 12.2. The van der Waals surface area contributed by atoms with Crippen LogP contribution in [-0.2, 0) is 6.42 Å². The Kier molecular flexibility index (Phi) is 4.17. The average molecular weight is 294 g/mol. The van der Waals surface area contributed by atoms with Crippen molar-refractivity contribution in [3.63, 3.8) is 0 Å². The molecule has 3 nitrogen and oxygen atoms in total. The van der Waals surface area contributed by atoms with E-state index >= 15 is 0 Å². The molecule has 2 heterocycles. The van der Waals surface area contributed by atoms with Gasteiger partial charge in [-0.2, -0.15) is 0 Å². The lowest BCUT2D eigenvalue weighted by molar-refractivity contribution is 0.810. The van der Waals surface area contributed by atoms with E-state index in [0.717, 1.165) is 17.5 Å². The molecule has 0 amide bonds. The van der Waals surface area contributed by atoms with Crippen molar-refractivity contribution in [2.45, 2.75) is 12.5 Å². The molecule has 0 saturated carbocycles. The molecule has 0 saturated heterocycles. The molecule has 2 aromatic heterocycles. The van der Waals surface area contributed by atoms with Gasteiger partial charge in [0.05, 0.1) is 5.69 Å². The summed E-state index contributed by atoms with van der Waals surface area (Å²) >= 11 is 1.72. The summed E-state index contributed by atoms with van der Waals surface area (Å²) in [5, 5.41) is 5.37. The first-order valence-corrected chi connectivity index (χ1v) is 7.60. The lowest BCUT2D eigenvalue weighted by atomic mass is 9.96. The van der Waals surface area contributed by atoms with Crippen molar-refractivity contribution in [3.05, 3.63) is 92.8 Å². The Hall–Kier alpha value is -2.33. The van der Waals surface area contributed by atoms with Crippen LogP contribution in [0, 0.1) is 4.91 Å². The summed E-state index contributed by atoms with van der Waals surface area (Å²) in [7, 11) is 0. The molecule has 21 heavy (non-hydrogen) atoms. The number of aromatic nitrogens is 1. The normalized spacial score (nSPS) is 12.0. The van der Waals surface area contributed by atoms with E-state index in [1.54, 1.807) is 17.5 Å². The fraction of sp³-hybridized carbons (Fsp3) is 0.118. The Bertz CT molecular complexity index is 711.